The number of nitrogens with zero attached hydrogens (tertiary/aromatic N) is 1. The summed E-state index contributed by atoms with van der Waals surface area (Å²) < 4.78 is 5.07. The maximum Gasteiger partial charge on any atom is 0.240 e. The lowest BCUT2D eigenvalue weighted by molar-refractivity contribution is -0.135. The molecule has 0 spiro atoms. The monoisotopic (exact) mass is 226 g/mol. The summed E-state index contributed by atoms with van der Waals surface area (Å²) in [5.41, 5.74) is 0. The van der Waals surface area contributed by atoms with Gasteiger partial charge < -0.3 is 15.0 Å². The fourth-order valence-corrected chi connectivity index (χ4v) is 2.31. The van der Waals surface area contributed by atoms with Crippen molar-refractivity contribution in [1.29, 1.82) is 0 Å². The van der Waals surface area contributed by atoms with Crippen LogP contribution in [0, 0.1) is 0 Å². The fourth-order valence-electron chi connectivity index (χ4n) is 2.31. The van der Waals surface area contributed by atoms with Crippen LogP contribution in [0.3, 0.4) is 0 Å². The number of carbonyl (C=O) groups is 1. The van der Waals surface area contributed by atoms with Gasteiger partial charge in [-0.2, -0.15) is 0 Å². The van der Waals surface area contributed by atoms with Crippen molar-refractivity contribution < 1.29 is 9.53 Å². The van der Waals surface area contributed by atoms with Gasteiger partial charge in [0.05, 0.1) is 12.6 Å². The van der Waals surface area contributed by atoms with Crippen LogP contribution in [0.5, 0.6) is 0 Å². The van der Waals surface area contributed by atoms with Gasteiger partial charge in [0.1, 0.15) is 0 Å². The second-order valence-corrected chi connectivity index (χ2v) is 4.76. The van der Waals surface area contributed by atoms with E-state index in [0.29, 0.717) is 18.6 Å². The molecule has 1 amide bonds. The second-order valence-electron chi connectivity index (χ2n) is 4.76. The Morgan fingerprint density at radius 1 is 1.38 bits per heavy atom. The Bertz CT molecular complexity index is 235. The number of hydrogen-bond acceptors (Lipinski definition) is 3. The summed E-state index contributed by atoms with van der Waals surface area (Å²) in [6.07, 6.45) is 5.71. The van der Waals surface area contributed by atoms with Crippen molar-refractivity contribution >= 4 is 5.91 Å². The minimum atomic E-state index is 0.0613. The Hall–Kier alpha value is -0.610. The van der Waals surface area contributed by atoms with E-state index in [9.17, 15) is 4.79 Å². The number of ether oxygens (including phenoxy) is 1. The van der Waals surface area contributed by atoms with Crippen molar-refractivity contribution in [2.75, 3.05) is 26.8 Å². The molecule has 1 saturated carbocycles. The highest BCUT2D eigenvalue weighted by Gasteiger charge is 2.35. The van der Waals surface area contributed by atoms with E-state index < -0.39 is 0 Å². The number of amides is 1. The molecule has 1 aliphatic heterocycles. The van der Waals surface area contributed by atoms with E-state index in [2.05, 4.69) is 5.32 Å². The first-order valence-corrected chi connectivity index (χ1v) is 6.35. The quantitative estimate of drug-likeness (QED) is 0.752. The molecule has 0 aromatic rings. The zero-order valence-corrected chi connectivity index (χ0v) is 10.1. The molecule has 2 rings (SSSR count). The van der Waals surface area contributed by atoms with Gasteiger partial charge in [-0.25, -0.2) is 0 Å². The lowest BCUT2D eigenvalue weighted by Crippen LogP contribution is -2.50. The Kier molecular flexibility index (Phi) is 4.18. The third kappa shape index (κ3) is 2.95. The van der Waals surface area contributed by atoms with E-state index in [1.165, 1.54) is 25.7 Å². The van der Waals surface area contributed by atoms with Gasteiger partial charge in [-0.3, -0.25) is 4.79 Å². The summed E-state index contributed by atoms with van der Waals surface area (Å²) in [5.74, 6) is 0.291. The first-order valence-electron chi connectivity index (χ1n) is 6.35. The lowest BCUT2D eigenvalue weighted by atomic mass is 10.0. The molecule has 0 aromatic heterocycles. The van der Waals surface area contributed by atoms with Crippen molar-refractivity contribution in [3.63, 3.8) is 0 Å². The molecule has 0 aromatic carbocycles. The van der Waals surface area contributed by atoms with Crippen molar-refractivity contribution in [2.45, 2.75) is 44.2 Å². The van der Waals surface area contributed by atoms with E-state index >= 15 is 0 Å². The topological polar surface area (TPSA) is 41.6 Å². The number of piperidine rings is 1. The molecule has 4 nitrogen and oxygen atoms in total. The molecule has 1 unspecified atom stereocenters. The highest BCUT2D eigenvalue weighted by atomic mass is 16.5. The third-order valence-electron chi connectivity index (χ3n) is 3.42. The van der Waals surface area contributed by atoms with Gasteiger partial charge in [0.2, 0.25) is 5.91 Å². The minimum absolute atomic E-state index is 0.0613. The molecule has 1 saturated heterocycles. The van der Waals surface area contributed by atoms with E-state index in [-0.39, 0.29) is 6.04 Å². The van der Waals surface area contributed by atoms with Gasteiger partial charge in [0, 0.05) is 19.7 Å². The number of carbonyl (C=O) groups excluding carboxylic acids is 1. The predicted molar refractivity (Wildman–Crippen MR) is 62.3 cm³/mol. The molecule has 1 aliphatic carbocycles. The minimum Gasteiger partial charge on any atom is -0.383 e. The molecule has 2 fully saturated rings. The second kappa shape index (κ2) is 5.64. The zero-order chi connectivity index (χ0) is 11.4. The molecule has 1 atom stereocenters. The molecule has 1 N–H and O–H groups in total. The maximum atomic E-state index is 12.3. The summed E-state index contributed by atoms with van der Waals surface area (Å²) in [5, 5.41) is 3.33. The van der Waals surface area contributed by atoms with Gasteiger partial charge in [-0.1, -0.05) is 6.42 Å². The van der Waals surface area contributed by atoms with Crippen LogP contribution >= 0.6 is 0 Å². The highest BCUT2D eigenvalue weighted by Crippen LogP contribution is 2.27. The molecular formula is C12H22N2O2. The van der Waals surface area contributed by atoms with E-state index in [0.717, 1.165) is 19.5 Å². The Labute approximate surface area is 97.3 Å². The Morgan fingerprint density at radius 3 is 2.75 bits per heavy atom. The SMILES string of the molecule is COCCN(C(=O)C1CCCCN1)C1CC1. The smallest absolute Gasteiger partial charge is 0.240 e. The molecule has 0 bridgehead atoms. The standard InChI is InChI=1S/C12H22N2O2/c1-16-9-8-14(10-5-6-10)12(15)11-4-2-3-7-13-11/h10-11,13H,2-9H2,1H3. The molecule has 0 radical (unpaired) electrons. The van der Waals surface area contributed by atoms with Gasteiger partial charge >= 0.3 is 0 Å². The average Bonchev–Trinajstić information content (AvgIpc) is 3.15. The van der Waals surface area contributed by atoms with Crippen LogP contribution in [0.15, 0.2) is 0 Å². The van der Waals surface area contributed by atoms with E-state index in [1.807, 2.05) is 4.90 Å². The Balaban J connectivity index is 1.87. The van der Waals surface area contributed by atoms with Crippen LogP contribution in [0.4, 0.5) is 0 Å². The largest absolute Gasteiger partial charge is 0.383 e. The summed E-state index contributed by atoms with van der Waals surface area (Å²) in [7, 11) is 1.69. The fraction of sp³-hybridized carbons (Fsp3) is 0.917. The first-order chi connectivity index (χ1) is 7.83. The molecule has 2 aliphatic rings. The molecular weight excluding hydrogens is 204 g/mol. The number of nitrogens with one attached hydrogen (secondary N) is 1. The molecule has 16 heavy (non-hydrogen) atoms. The van der Waals surface area contributed by atoms with Crippen LogP contribution < -0.4 is 5.32 Å². The normalized spacial score (nSPS) is 25.4. The van der Waals surface area contributed by atoms with Crippen LogP contribution in [0.1, 0.15) is 32.1 Å². The van der Waals surface area contributed by atoms with Crippen LogP contribution in [0.25, 0.3) is 0 Å². The lowest BCUT2D eigenvalue weighted by Gasteiger charge is -2.30. The zero-order valence-electron chi connectivity index (χ0n) is 10.1. The maximum absolute atomic E-state index is 12.3. The molecule has 1 heterocycles. The summed E-state index contributed by atoms with van der Waals surface area (Å²) >= 11 is 0. The average molecular weight is 226 g/mol. The van der Waals surface area contributed by atoms with E-state index in [1.54, 1.807) is 7.11 Å². The van der Waals surface area contributed by atoms with E-state index in [4.69, 9.17) is 4.74 Å². The van der Waals surface area contributed by atoms with Gasteiger partial charge in [0.15, 0.2) is 0 Å². The highest BCUT2D eigenvalue weighted by molar-refractivity contribution is 5.82. The number of methoxy groups -OCH3 is 1. The van der Waals surface area contributed by atoms with Gasteiger partial charge in [0.25, 0.3) is 0 Å². The van der Waals surface area contributed by atoms with Crippen LogP contribution in [-0.2, 0) is 9.53 Å². The van der Waals surface area contributed by atoms with Crippen molar-refractivity contribution in [1.82, 2.24) is 10.2 Å². The molecule has 92 valence electrons. The summed E-state index contributed by atoms with van der Waals surface area (Å²) in [6.45, 7) is 2.38. The van der Waals surface area contributed by atoms with Crippen LogP contribution in [0.2, 0.25) is 0 Å². The number of hydrogen-bond donors (Lipinski definition) is 1. The molecule has 4 heteroatoms. The van der Waals surface area contributed by atoms with Crippen molar-refractivity contribution in [2.24, 2.45) is 0 Å². The third-order valence-corrected chi connectivity index (χ3v) is 3.42. The predicted octanol–water partition coefficient (Wildman–Crippen LogP) is 0.766. The summed E-state index contributed by atoms with van der Waals surface area (Å²) in [4.78, 5) is 14.3. The van der Waals surface area contributed by atoms with Crippen LogP contribution in [-0.4, -0.2) is 49.7 Å². The van der Waals surface area contributed by atoms with Gasteiger partial charge in [-0.15, -0.1) is 0 Å². The van der Waals surface area contributed by atoms with Crippen molar-refractivity contribution in [3.05, 3.63) is 0 Å². The summed E-state index contributed by atoms with van der Waals surface area (Å²) in [6, 6.07) is 0.553. The van der Waals surface area contributed by atoms with Crippen molar-refractivity contribution in [3.8, 4) is 0 Å². The number of rotatable bonds is 5. The Morgan fingerprint density at radius 2 is 2.19 bits per heavy atom. The van der Waals surface area contributed by atoms with Gasteiger partial charge in [-0.05, 0) is 32.2 Å². The first kappa shape index (κ1) is 11.9.